The van der Waals surface area contributed by atoms with E-state index in [1.807, 2.05) is 6.92 Å². The Hall–Kier alpha value is -2.24. The number of ether oxygens (including phenoxy) is 1. The highest BCUT2D eigenvalue weighted by Gasteiger charge is 2.17. The monoisotopic (exact) mass is 380 g/mol. The van der Waals surface area contributed by atoms with Crippen molar-refractivity contribution in [1.82, 2.24) is 5.32 Å². The molecule has 0 aromatic heterocycles. The molecule has 0 aliphatic rings. The summed E-state index contributed by atoms with van der Waals surface area (Å²) >= 11 is 11.9. The minimum Gasteiger partial charge on any atom is -0.479 e. The number of rotatable bonds is 6. The molecular formula is C18H18Cl2N2O3. The number of benzene rings is 2. The van der Waals surface area contributed by atoms with Gasteiger partial charge in [-0.15, -0.1) is 0 Å². The van der Waals surface area contributed by atoms with Gasteiger partial charge in [-0.05, 0) is 50.2 Å². The predicted octanol–water partition coefficient (Wildman–Crippen LogP) is 4.15. The first-order valence-electron chi connectivity index (χ1n) is 7.71. The summed E-state index contributed by atoms with van der Waals surface area (Å²) in [6.45, 7) is 3.97. The third-order valence-corrected chi connectivity index (χ3v) is 3.83. The lowest BCUT2D eigenvalue weighted by Gasteiger charge is -2.16. The minimum absolute atomic E-state index is 0.198. The van der Waals surface area contributed by atoms with Gasteiger partial charge < -0.3 is 15.4 Å². The molecule has 2 aromatic carbocycles. The molecule has 0 bridgehead atoms. The van der Waals surface area contributed by atoms with Gasteiger partial charge in [0, 0.05) is 22.8 Å². The molecule has 0 fully saturated rings. The van der Waals surface area contributed by atoms with Crippen molar-refractivity contribution in [2.75, 3.05) is 11.9 Å². The second kappa shape index (κ2) is 8.74. The summed E-state index contributed by atoms with van der Waals surface area (Å²) in [4.78, 5) is 24.1. The number of amides is 2. The molecule has 1 atom stereocenters. The third kappa shape index (κ3) is 5.37. The van der Waals surface area contributed by atoms with Crippen molar-refractivity contribution < 1.29 is 14.3 Å². The van der Waals surface area contributed by atoms with Crippen LogP contribution in [0.5, 0.6) is 5.75 Å². The molecule has 0 spiro atoms. The molecule has 2 amide bonds. The average Bonchev–Trinajstić information content (AvgIpc) is 2.57. The van der Waals surface area contributed by atoms with E-state index in [4.69, 9.17) is 27.9 Å². The van der Waals surface area contributed by atoms with Gasteiger partial charge in [-0.2, -0.15) is 0 Å². The Morgan fingerprint density at radius 2 is 1.92 bits per heavy atom. The first kappa shape index (κ1) is 19.1. The van der Waals surface area contributed by atoms with Crippen molar-refractivity contribution in [3.05, 3.63) is 58.1 Å². The quantitative estimate of drug-likeness (QED) is 0.790. The van der Waals surface area contributed by atoms with Gasteiger partial charge in [0.25, 0.3) is 11.8 Å². The van der Waals surface area contributed by atoms with E-state index >= 15 is 0 Å². The Labute approximate surface area is 156 Å². The maximum atomic E-state index is 12.3. The van der Waals surface area contributed by atoms with Gasteiger partial charge >= 0.3 is 0 Å². The Morgan fingerprint density at radius 3 is 2.60 bits per heavy atom. The first-order chi connectivity index (χ1) is 11.9. The smallest absolute Gasteiger partial charge is 0.265 e. The summed E-state index contributed by atoms with van der Waals surface area (Å²) in [6, 6.07) is 11.4. The highest BCUT2D eigenvalue weighted by atomic mass is 35.5. The number of halogens is 2. The van der Waals surface area contributed by atoms with Gasteiger partial charge in [0.05, 0.1) is 5.02 Å². The summed E-state index contributed by atoms with van der Waals surface area (Å²) in [5, 5.41) is 6.23. The maximum Gasteiger partial charge on any atom is 0.265 e. The molecular weight excluding hydrogens is 363 g/mol. The predicted molar refractivity (Wildman–Crippen MR) is 99.6 cm³/mol. The number of carbonyl (C=O) groups excluding carboxylic acids is 2. The van der Waals surface area contributed by atoms with Gasteiger partial charge in [-0.1, -0.05) is 29.3 Å². The van der Waals surface area contributed by atoms with Crippen LogP contribution in [-0.4, -0.2) is 24.5 Å². The molecule has 25 heavy (non-hydrogen) atoms. The lowest BCUT2D eigenvalue weighted by atomic mass is 10.2. The highest BCUT2D eigenvalue weighted by molar-refractivity contribution is 6.35. The van der Waals surface area contributed by atoms with Crippen LogP contribution in [0.4, 0.5) is 5.69 Å². The zero-order valence-electron chi connectivity index (χ0n) is 13.8. The zero-order chi connectivity index (χ0) is 18.4. The van der Waals surface area contributed by atoms with Gasteiger partial charge in [0.15, 0.2) is 6.10 Å². The van der Waals surface area contributed by atoms with E-state index < -0.39 is 6.10 Å². The molecule has 0 saturated heterocycles. The van der Waals surface area contributed by atoms with E-state index in [2.05, 4.69) is 10.6 Å². The lowest BCUT2D eigenvalue weighted by Crippen LogP contribution is -2.30. The minimum atomic E-state index is -0.785. The molecule has 0 unspecified atom stereocenters. The van der Waals surface area contributed by atoms with Crippen LogP contribution in [-0.2, 0) is 4.79 Å². The van der Waals surface area contributed by atoms with E-state index in [1.165, 1.54) is 0 Å². The van der Waals surface area contributed by atoms with Crippen LogP contribution < -0.4 is 15.4 Å². The Kier molecular flexibility index (Phi) is 6.67. The first-order valence-corrected chi connectivity index (χ1v) is 8.47. The Bertz CT molecular complexity index is 781. The summed E-state index contributed by atoms with van der Waals surface area (Å²) in [5.74, 6) is -0.195. The van der Waals surface area contributed by atoms with Crippen molar-refractivity contribution >= 4 is 40.7 Å². The number of carbonyl (C=O) groups is 2. The third-order valence-electron chi connectivity index (χ3n) is 3.30. The molecule has 2 aromatic rings. The van der Waals surface area contributed by atoms with Gasteiger partial charge in [0.1, 0.15) is 5.75 Å². The van der Waals surface area contributed by atoms with Crippen LogP contribution >= 0.6 is 23.2 Å². The molecule has 0 saturated carbocycles. The average molecular weight is 381 g/mol. The van der Waals surface area contributed by atoms with Crippen molar-refractivity contribution in [3.63, 3.8) is 0 Å². The number of anilines is 1. The molecule has 7 heteroatoms. The number of hydrogen-bond acceptors (Lipinski definition) is 3. The summed E-state index contributed by atoms with van der Waals surface area (Å²) < 4.78 is 5.57. The van der Waals surface area contributed by atoms with E-state index in [9.17, 15) is 9.59 Å². The Morgan fingerprint density at radius 1 is 1.16 bits per heavy atom. The Balaban J connectivity index is 2.03. The van der Waals surface area contributed by atoms with E-state index in [1.54, 1.807) is 49.4 Å². The molecule has 0 heterocycles. The molecule has 2 N–H and O–H groups in total. The number of hydrogen-bond donors (Lipinski definition) is 2. The molecule has 0 radical (unpaired) electrons. The fourth-order valence-corrected chi connectivity index (χ4v) is 2.51. The molecule has 2 rings (SSSR count). The second-order valence-electron chi connectivity index (χ2n) is 5.26. The van der Waals surface area contributed by atoms with Crippen LogP contribution in [0.25, 0.3) is 0 Å². The fraction of sp³-hybridized carbons (Fsp3) is 0.222. The topological polar surface area (TPSA) is 67.4 Å². The van der Waals surface area contributed by atoms with Crippen LogP contribution in [0, 0.1) is 0 Å². The van der Waals surface area contributed by atoms with Crippen LogP contribution in [0.15, 0.2) is 42.5 Å². The van der Waals surface area contributed by atoms with E-state index in [-0.39, 0.29) is 11.8 Å². The van der Waals surface area contributed by atoms with Crippen molar-refractivity contribution in [2.45, 2.75) is 20.0 Å². The molecule has 0 aliphatic heterocycles. The fourth-order valence-electron chi connectivity index (χ4n) is 2.06. The summed E-state index contributed by atoms with van der Waals surface area (Å²) in [6.07, 6.45) is -0.785. The standard InChI is InChI=1S/C18H18Cl2N2O3/c1-3-21-18(24)12-5-4-6-14(9-12)22-17(23)11(2)25-16-8-7-13(19)10-15(16)20/h4-11H,3H2,1-2H3,(H,21,24)(H,22,23)/t11-/m0/s1. The largest absolute Gasteiger partial charge is 0.479 e. The van der Waals surface area contributed by atoms with Gasteiger partial charge in [0.2, 0.25) is 0 Å². The maximum absolute atomic E-state index is 12.3. The van der Waals surface area contributed by atoms with Gasteiger partial charge in [-0.3, -0.25) is 9.59 Å². The van der Waals surface area contributed by atoms with E-state index in [0.29, 0.717) is 33.6 Å². The second-order valence-corrected chi connectivity index (χ2v) is 6.11. The summed E-state index contributed by atoms with van der Waals surface area (Å²) in [5.41, 5.74) is 0.973. The zero-order valence-corrected chi connectivity index (χ0v) is 15.3. The van der Waals surface area contributed by atoms with Crippen molar-refractivity contribution in [2.24, 2.45) is 0 Å². The van der Waals surface area contributed by atoms with Crippen molar-refractivity contribution in [1.29, 1.82) is 0 Å². The highest BCUT2D eigenvalue weighted by Crippen LogP contribution is 2.28. The van der Waals surface area contributed by atoms with Crippen LogP contribution in [0.2, 0.25) is 10.0 Å². The normalized spacial score (nSPS) is 11.5. The molecule has 5 nitrogen and oxygen atoms in total. The van der Waals surface area contributed by atoms with Crippen molar-refractivity contribution in [3.8, 4) is 5.75 Å². The lowest BCUT2D eigenvalue weighted by molar-refractivity contribution is -0.122. The molecule has 132 valence electrons. The van der Waals surface area contributed by atoms with Gasteiger partial charge in [-0.25, -0.2) is 0 Å². The summed E-state index contributed by atoms with van der Waals surface area (Å²) in [7, 11) is 0. The van der Waals surface area contributed by atoms with E-state index in [0.717, 1.165) is 0 Å². The van der Waals surface area contributed by atoms with Crippen LogP contribution in [0.1, 0.15) is 24.2 Å². The molecule has 0 aliphatic carbocycles. The van der Waals surface area contributed by atoms with Crippen LogP contribution in [0.3, 0.4) is 0 Å². The number of nitrogens with one attached hydrogen (secondary N) is 2. The SMILES string of the molecule is CCNC(=O)c1cccc(NC(=O)[C@H](C)Oc2ccc(Cl)cc2Cl)c1.